The summed E-state index contributed by atoms with van der Waals surface area (Å²) in [5, 5.41) is 4.21. The van der Waals surface area contributed by atoms with Crippen molar-refractivity contribution in [1.29, 1.82) is 0 Å². The van der Waals surface area contributed by atoms with Gasteiger partial charge in [0.1, 0.15) is 5.82 Å². The highest BCUT2D eigenvalue weighted by molar-refractivity contribution is 6.33. The van der Waals surface area contributed by atoms with E-state index in [9.17, 15) is 4.39 Å². The van der Waals surface area contributed by atoms with E-state index in [4.69, 9.17) is 21.9 Å². The molecule has 0 saturated heterocycles. The van der Waals surface area contributed by atoms with Gasteiger partial charge in [-0.25, -0.2) is 4.39 Å². The molecule has 2 atom stereocenters. The summed E-state index contributed by atoms with van der Waals surface area (Å²) in [6.45, 7) is 0. The van der Waals surface area contributed by atoms with Gasteiger partial charge in [0, 0.05) is 11.5 Å². The molecular formula is C16H16ClFN2O. The van der Waals surface area contributed by atoms with E-state index in [0.717, 1.165) is 5.76 Å². The highest BCUT2D eigenvalue weighted by atomic mass is 35.5. The highest BCUT2D eigenvalue weighted by Crippen LogP contribution is 2.63. The van der Waals surface area contributed by atoms with Crippen molar-refractivity contribution in [2.75, 3.05) is 5.73 Å². The molecule has 4 rings (SSSR count). The van der Waals surface area contributed by atoms with E-state index < -0.39 is 0 Å². The van der Waals surface area contributed by atoms with Crippen LogP contribution >= 0.6 is 11.6 Å². The van der Waals surface area contributed by atoms with Gasteiger partial charge in [0.2, 0.25) is 0 Å². The molecule has 2 unspecified atom stereocenters. The fourth-order valence-electron chi connectivity index (χ4n) is 3.91. The fraction of sp³-hybridized carbons (Fsp3) is 0.438. The number of aromatic nitrogens is 1. The molecule has 2 aromatic rings. The molecule has 2 saturated carbocycles. The van der Waals surface area contributed by atoms with Crippen molar-refractivity contribution < 1.29 is 8.91 Å². The average Bonchev–Trinajstić information content (AvgIpc) is 3.09. The zero-order valence-electron chi connectivity index (χ0n) is 11.5. The SMILES string of the molecule is Nc1noc(C2C3CCCCC32)c1-c1c(F)cccc1Cl. The molecule has 1 aromatic heterocycles. The quantitative estimate of drug-likeness (QED) is 0.880. The number of halogens is 2. The third-order valence-corrected chi connectivity index (χ3v) is 5.23. The van der Waals surface area contributed by atoms with E-state index in [1.165, 1.54) is 31.7 Å². The highest BCUT2D eigenvalue weighted by Gasteiger charge is 2.54. The van der Waals surface area contributed by atoms with Crippen LogP contribution in [0.3, 0.4) is 0 Å². The predicted octanol–water partition coefficient (Wildman–Crippen LogP) is 4.62. The first kappa shape index (κ1) is 13.1. The molecule has 0 amide bonds. The van der Waals surface area contributed by atoms with Crippen molar-refractivity contribution >= 4 is 17.4 Å². The van der Waals surface area contributed by atoms with Gasteiger partial charge in [-0.15, -0.1) is 0 Å². The molecule has 1 heterocycles. The monoisotopic (exact) mass is 306 g/mol. The maximum atomic E-state index is 14.2. The number of benzene rings is 1. The Bertz CT molecular complexity index is 667. The molecular weight excluding hydrogens is 291 g/mol. The van der Waals surface area contributed by atoms with Gasteiger partial charge in [0.25, 0.3) is 0 Å². The number of nitrogens with zero attached hydrogens (tertiary/aromatic N) is 1. The summed E-state index contributed by atoms with van der Waals surface area (Å²) >= 11 is 6.18. The van der Waals surface area contributed by atoms with Gasteiger partial charge in [-0.05, 0) is 36.8 Å². The molecule has 0 aliphatic heterocycles. The maximum Gasteiger partial charge on any atom is 0.175 e. The lowest BCUT2D eigenvalue weighted by Gasteiger charge is -2.06. The van der Waals surface area contributed by atoms with Crippen LogP contribution in [0.4, 0.5) is 10.2 Å². The lowest BCUT2D eigenvalue weighted by Crippen LogP contribution is -1.94. The standard InChI is InChI=1S/C16H16ClFN2O/c17-10-6-3-7-11(18)13(10)14-15(21-20-16(14)19)12-8-4-1-2-5-9(8)12/h3,6-9,12H,1-2,4-5H2,(H2,19,20). The number of anilines is 1. The number of hydrogen-bond acceptors (Lipinski definition) is 3. The van der Waals surface area contributed by atoms with Crippen molar-refractivity contribution in [3.05, 3.63) is 34.8 Å². The maximum absolute atomic E-state index is 14.2. The first-order valence-electron chi connectivity index (χ1n) is 7.38. The van der Waals surface area contributed by atoms with Gasteiger partial charge in [0.05, 0.1) is 10.6 Å². The lowest BCUT2D eigenvalue weighted by molar-refractivity contribution is 0.381. The van der Waals surface area contributed by atoms with Crippen LogP contribution < -0.4 is 5.73 Å². The van der Waals surface area contributed by atoms with Crippen molar-refractivity contribution in [2.45, 2.75) is 31.6 Å². The summed E-state index contributed by atoms with van der Waals surface area (Å²) in [7, 11) is 0. The Labute approximate surface area is 127 Å². The minimum atomic E-state index is -0.387. The summed E-state index contributed by atoms with van der Waals surface area (Å²) < 4.78 is 19.7. The lowest BCUT2D eigenvalue weighted by atomic mass is 10.0. The summed E-state index contributed by atoms with van der Waals surface area (Å²) in [5.74, 6) is 2.15. The zero-order valence-corrected chi connectivity index (χ0v) is 12.2. The van der Waals surface area contributed by atoms with Crippen LogP contribution in [0, 0.1) is 17.7 Å². The fourth-order valence-corrected chi connectivity index (χ4v) is 4.17. The Morgan fingerprint density at radius 1 is 1.19 bits per heavy atom. The van der Waals surface area contributed by atoms with E-state index in [2.05, 4.69) is 5.16 Å². The van der Waals surface area contributed by atoms with Crippen LogP contribution in [0.25, 0.3) is 11.1 Å². The molecule has 21 heavy (non-hydrogen) atoms. The zero-order chi connectivity index (χ0) is 14.6. The molecule has 0 spiro atoms. The molecule has 2 N–H and O–H groups in total. The summed E-state index contributed by atoms with van der Waals surface area (Å²) in [6, 6.07) is 4.63. The predicted molar refractivity (Wildman–Crippen MR) is 79.5 cm³/mol. The Hall–Kier alpha value is -1.55. The first-order chi connectivity index (χ1) is 10.2. The van der Waals surface area contributed by atoms with E-state index in [1.807, 2.05) is 0 Å². The number of fused-ring (bicyclic) bond motifs is 1. The molecule has 2 fully saturated rings. The van der Waals surface area contributed by atoms with Gasteiger partial charge in [-0.3, -0.25) is 0 Å². The summed E-state index contributed by atoms with van der Waals surface area (Å²) in [4.78, 5) is 0. The molecule has 2 aliphatic carbocycles. The molecule has 2 aliphatic rings. The van der Waals surface area contributed by atoms with Gasteiger partial charge < -0.3 is 10.3 Å². The van der Waals surface area contributed by atoms with Crippen LogP contribution in [0.1, 0.15) is 37.4 Å². The summed E-state index contributed by atoms with van der Waals surface area (Å²) in [6.07, 6.45) is 4.94. The minimum absolute atomic E-state index is 0.223. The van der Waals surface area contributed by atoms with Crippen molar-refractivity contribution in [2.24, 2.45) is 11.8 Å². The van der Waals surface area contributed by atoms with Crippen LogP contribution in [-0.4, -0.2) is 5.16 Å². The van der Waals surface area contributed by atoms with Crippen LogP contribution in [-0.2, 0) is 0 Å². The second-order valence-electron chi connectivity index (χ2n) is 6.04. The second-order valence-corrected chi connectivity index (χ2v) is 6.45. The molecule has 1 aromatic carbocycles. The Morgan fingerprint density at radius 2 is 1.90 bits per heavy atom. The second kappa shape index (κ2) is 4.73. The number of nitrogens with two attached hydrogens (primary N) is 1. The molecule has 0 radical (unpaired) electrons. The van der Waals surface area contributed by atoms with Crippen LogP contribution in [0.2, 0.25) is 5.02 Å². The Kier molecular flexibility index (Phi) is 2.96. The van der Waals surface area contributed by atoms with Gasteiger partial charge >= 0.3 is 0 Å². The van der Waals surface area contributed by atoms with Crippen LogP contribution in [0.5, 0.6) is 0 Å². The van der Waals surface area contributed by atoms with Crippen molar-refractivity contribution in [1.82, 2.24) is 5.16 Å². The topological polar surface area (TPSA) is 52.0 Å². The number of hydrogen-bond donors (Lipinski definition) is 1. The van der Waals surface area contributed by atoms with Gasteiger partial charge in [-0.1, -0.05) is 35.7 Å². The van der Waals surface area contributed by atoms with E-state index in [0.29, 0.717) is 33.9 Å². The van der Waals surface area contributed by atoms with Gasteiger partial charge in [-0.2, -0.15) is 0 Å². The number of nitrogen functional groups attached to an aromatic ring is 1. The van der Waals surface area contributed by atoms with E-state index in [-0.39, 0.29) is 11.6 Å². The number of rotatable bonds is 2. The van der Waals surface area contributed by atoms with Crippen LogP contribution in [0.15, 0.2) is 22.7 Å². The molecule has 5 heteroatoms. The third kappa shape index (κ3) is 1.96. The largest absolute Gasteiger partial charge is 0.380 e. The smallest absolute Gasteiger partial charge is 0.175 e. The van der Waals surface area contributed by atoms with Gasteiger partial charge in [0.15, 0.2) is 11.6 Å². The molecule has 0 bridgehead atoms. The Balaban J connectivity index is 1.82. The average molecular weight is 307 g/mol. The van der Waals surface area contributed by atoms with Crippen molar-refractivity contribution in [3.63, 3.8) is 0 Å². The third-order valence-electron chi connectivity index (χ3n) is 4.92. The first-order valence-corrected chi connectivity index (χ1v) is 7.75. The van der Waals surface area contributed by atoms with E-state index in [1.54, 1.807) is 12.1 Å². The minimum Gasteiger partial charge on any atom is -0.380 e. The van der Waals surface area contributed by atoms with E-state index >= 15 is 0 Å². The normalized spacial score (nSPS) is 27.4. The summed E-state index contributed by atoms with van der Waals surface area (Å²) in [5.41, 5.74) is 6.81. The molecule has 3 nitrogen and oxygen atoms in total. The van der Waals surface area contributed by atoms with Crippen molar-refractivity contribution in [3.8, 4) is 11.1 Å². The molecule has 110 valence electrons. The Morgan fingerprint density at radius 3 is 2.57 bits per heavy atom.